The molecule has 7 heteroatoms. The fourth-order valence-electron chi connectivity index (χ4n) is 2.00. The van der Waals surface area contributed by atoms with Crippen LogP contribution in [0.3, 0.4) is 0 Å². The van der Waals surface area contributed by atoms with Gasteiger partial charge in [-0.1, -0.05) is 6.07 Å². The molecule has 0 aliphatic rings. The highest BCUT2D eigenvalue weighted by Gasteiger charge is 2.16. The molecule has 2 N–H and O–H groups in total. The third kappa shape index (κ3) is 3.62. The lowest BCUT2D eigenvalue weighted by atomic mass is 10.1. The highest BCUT2D eigenvalue weighted by molar-refractivity contribution is 7.92. The van der Waals surface area contributed by atoms with Crippen LogP contribution in [0.4, 0.5) is 5.69 Å². The molecule has 2 aromatic rings. The third-order valence-electron chi connectivity index (χ3n) is 3.21. The Kier molecular flexibility index (Phi) is 4.64. The second-order valence-electron chi connectivity index (χ2n) is 4.81. The van der Waals surface area contributed by atoms with Crippen LogP contribution in [0.2, 0.25) is 0 Å². The van der Waals surface area contributed by atoms with E-state index in [0.29, 0.717) is 18.8 Å². The molecular weight excluding hydrogens is 288 g/mol. The fourth-order valence-corrected chi connectivity index (χ4v) is 3.08. The van der Waals surface area contributed by atoms with Gasteiger partial charge in [0.05, 0.1) is 16.8 Å². The van der Waals surface area contributed by atoms with Gasteiger partial charge in [-0.2, -0.15) is 5.10 Å². The molecule has 0 amide bonds. The van der Waals surface area contributed by atoms with Crippen molar-refractivity contribution in [1.82, 2.24) is 15.1 Å². The number of hydrogen-bond acceptors (Lipinski definition) is 4. The van der Waals surface area contributed by atoms with Crippen LogP contribution in [0.1, 0.15) is 18.1 Å². The van der Waals surface area contributed by atoms with Crippen molar-refractivity contribution in [2.45, 2.75) is 31.8 Å². The number of anilines is 1. The van der Waals surface area contributed by atoms with Crippen LogP contribution in [-0.4, -0.2) is 25.2 Å². The number of aryl methyl sites for hydroxylation is 2. The molecule has 0 saturated heterocycles. The zero-order valence-electron chi connectivity index (χ0n) is 12.4. The second-order valence-corrected chi connectivity index (χ2v) is 6.49. The van der Waals surface area contributed by atoms with Gasteiger partial charge in [0.2, 0.25) is 0 Å². The predicted octanol–water partition coefficient (Wildman–Crippen LogP) is 1.73. The Labute approximate surface area is 125 Å². The molecule has 1 aromatic heterocycles. The molecule has 0 spiro atoms. The summed E-state index contributed by atoms with van der Waals surface area (Å²) in [5.74, 6) is 0. The van der Waals surface area contributed by atoms with E-state index in [-0.39, 0.29) is 4.90 Å². The normalized spacial score (nSPS) is 11.6. The average molecular weight is 308 g/mol. The Morgan fingerprint density at radius 2 is 2.10 bits per heavy atom. The molecule has 21 heavy (non-hydrogen) atoms. The minimum atomic E-state index is -3.60. The van der Waals surface area contributed by atoms with Crippen LogP contribution in [0.25, 0.3) is 0 Å². The lowest BCUT2D eigenvalue weighted by Crippen LogP contribution is -2.14. The van der Waals surface area contributed by atoms with Gasteiger partial charge >= 0.3 is 0 Å². The summed E-state index contributed by atoms with van der Waals surface area (Å²) in [4.78, 5) is 0.252. The molecule has 0 saturated carbocycles. The molecule has 0 aliphatic heterocycles. The number of benzene rings is 1. The number of nitrogens with zero attached hydrogens (tertiary/aromatic N) is 2. The van der Waals surface area contributed by atoms with Crippen molar-refractivity contribution in [3.63, 3.8) is 0 Å². The van der Waals surface area contributed by atoms with Crippen LogP contribution in [0, 0.1) is 6.92 Å². The van der Waals surface area contributed by atoms with Crippen molar-refractivity contribution in [3.8, 4) is 0 Å². The van der Waals surface area contributed by atoms with E-state index in [9.17, 15) is 8.42 Å². The Bertz CT molecular complexity index is 722. The summed E-state index contributed by atoms with van der Waals surface area (Å²) >= 11 is 0. The van der Waals surface area contributed by atoms with E-state index in [1.54, 1.807) is 23.0 Å². The molecule has 0 radical (unpaired) electrons. The smallest absolute Gasteiger partial charge is 0.262 e. The van der Waals surface area contributed by atoms with Gasteiger partial charge in [-0.25, -0.2) is 8.42 Å². The molecule has 1 heterocycles. The van der Waals surface area contributed by atoms with Gasteiger partial charge < -0.3 is 5.32 Å². The highest BCUT2D eigenvalue weighted by atomic mass is 32.2. The Morgan fingerprint density at radius 3 is 2.71 bits per heavy atom. The van der Waals surface area contributed by atoms with Gasteiger partial charge in [0.1, 0.15) is 0 Å². The van der Waals surface area contributed by atoms with Gasteiger partial charge in [-0.3, -0.25) is 9.40 Å². The van der Waals surface area contributed by atoms with Crippen LogP contribution >= 0.6 is 0 Å². The zero-order valence-corrected chi connectivity index (χ0v) is 13.2. The summed E-state index contributed by atoms with van der Waals surface area (Å²) in [5.41, 5.74) is 2.49. The van der Waals surface area contributed by atoms with Crippen LogP contribution in [-0.2, 0) is 23.1 Å². The quantitative estimate of drug-likeness (QED) is 0.852. The van der Waals surface area contributed by atoms with Crippen LogP contribution in [0.5, 0.6) is 0 Å². The SMILES string of the molecule is CCn1cc(NS(=O)(=O)c2ccc(C)c(CNC)c2)cn1. The molecule has 0 fully saturated rings. The molecule has 0 bridgehead atoms. The molecule has 2 rings (SSSR count). The summed E-state index contributed by atoms with van der Waals surface area (Å²) in [5, 5.41) is 7.09. The largest absolute Gasteiger partial charge is 0.316 e. The first-order valence-corrected chi connectivity index (χ1v) is 8.24. The monoisotopic (exact) mass is 308 g/mol. The van der Waals surface area contributed by atoms with Gasteiger partial charge in [0.25, 0.3) is 10.0 Å². The van der Waals surface area contributed by atoms with Gasteiger partial charge in [0, 0.05) is 19.3 Å². The lowest BCUT2D eigenvalue weighted by molar-refractivity contribution is 0.601. The van der Waals surface area contributed by atoms with Crippen molar-refractivity contribution in [2.24, 2.45) is 0 Å². The predicted molar refractivity (Wildman–Crippen MR) is 82.7 cm³/mol. The maximum Gasteiger partial charge on any atom is 0.262 e. The number of nitrogens with one attached hydrogen (secondary N) is 2. The van der Waals surface area contributed by atoms with E-state index < -0.39 is 10.0 Å². The van der Waals surface area contributed by atoms with E-state index in [4.69, 9.17) is 0 Å². The molecule has 6 nitrogen and oxygen atoms in total. The number of hydrogen-bond donors (Lipinski definition) is 2. The number of aromatic nitrogens is 2. The topological polar surface area (TPSA) is 76.0 Å². The van der Waals surface area contributed by atoms with Gasteiger partial charge in [0.15, 0.2) is 0 Å². The zero-order chi connectivity index (χ0) is 15.5. The Hall–Kier alpha value is -1.86. The molecular formula is C14H20N4O2S. The van der Waals surface area contributed by atoms with Crippen molar-refractivity contribution in [3.05, 3.63) is 41.7 Å². The van der Waals surface area contributed by atoms with Crippen LogP contribution < -0.4 is 10.0 Å². The Balaban J connectivity index is 2.28. The van der Waals surface area contributed by atoms with Crippen molar-refractivity contribution < 1.29 is 8.42 Å². The first-order chi connectivity index (χ1) is 9.96. The van der Waals surface area contributed by atoms with Crippen molar-refractivity contribution in [1.29, 1.82) is 0 Å². The first-order valence-electron chi connectivity index (χ1n) is 6.75. The molecule has 0 aliphatic carbocycles. The number of rotatable bonds is 6. The molecule has 114 valence electrons. The Morgan fingerprint density at radius 1 is 1.33 bits per heavy atom. The van der Waals surface area contributed by atoms with Crippen molar-refractivity contribution in [2.75, 3.05) is 11.8 Å². The summed E-state index contributed by atoms with van der Waals surface area (Å²) in [7, 11) is -1.77. The standard InChI is InChI=1S/C14H20N4O2S/c1-4-18-10-13(9-16-18)17-21(19,20)14-6-5-11(2)12(7-14)8-15-3/h5-7,9-10,15,17H,4,8H2,1-3H3. The summed E-state index contributed by atoms with van der Waals surface area (Å²) in [6.45, 7) is 5.22. The summed E-state index contributed by atoms with van der Waals surface area (Å²) in [6, 6.07) is 5.12. The van der Waals surface area contributed by atoms with E-state index in [1.165, 1.54) is 6.20 Å². The van der Waals surface area contributed by atoms with E-state index >= 15 is 0 Å². The summed E-state index contributed by atoms with van der Waals surface area (Å²) < 4.78 is 29.0. The van der Waals surface area contributed by atoms with Crippen LogP contribution in [0.15, 0.2) is 35.5 Å². The molecule has 1 aromatic carbocycles. The van der Waals surface area contributed by atoms with Gasteiger partial charge in [-0.05, 0) is 44.2 Å². The maximum absolute atomic E-state index is 12.4. The molecule has 0 unspecified atom stereocenters. The minimum absolute atomic E-state index is 0.252. The van der Waals surface area contributed by atoms with Gasteiger partial charge in [-0.15, -0.1) is 0 Å². The fraction of sp³-hybridized carbons (Fsp3) is 0.357. The second kappa shape index (κ2) is 6.28. The first kappa shape index (κ1) is 15.5. The van der Waals surface area contributed by atoms with E-state index in [1.807, 2.05) is 27.0 Å². The van der Waals surface area contributed by atoms with E-state index in [2.05, 4.69) is 15.1 Å². The number of sulfonamides is 1. The third-order valence-corrected chi connectivity index (χ3v) is 4.59. The minimum Gasteiger partial charge on any atom is -0.316 e. The highest BCUT2D eigenvalue weighted by Crippen LogP contribution is 2.19. The maximum atomic E-state index is 12.4. The average Bonchev–Trinajstić information content (AvgIpc) is 2.88. The summed E-state index contributed by atoms with van der Waals surface area (Å²) in [6.07, 6.45) is 3.17. The molecule has 0 atom stereocenters. The van der Waals surface area contributed by atoms with E-state index in [0.717, 1.165) is 11.1 Å². The lowest BCUT2D eigenvalue weighted by Gasteiger charge is -2.10. The van der Waals surface area contributed by atoms with Crippen molar-refractivity contribution >= 4 is 15.7 Å².